The van der Waals surface area contributed by atoms with Gasteiger partial charge < -0.3 is 24.3 Å². The van der Waals surface area contributed by atoms with Crippen molar-refractivity contribution in [2.45, 2.75) is 52.2 Å². The van der Waals surface area contributed by atoms with Crippen LogP contribution in [0.15, 0.2) is 24.3 Å². The van der Waals surface area contributed by atoms with Crippen molar-refractivity contribution in [1.29, 1.82) is 0 Å². The van der Waals surface area contributed by atoms with Crippen molar-refractivity contribution < 1.29 is 23.7 Å². The molecule has 0 bridgehead atoms. The zero-order valence-corrected chi connectivity index (χ0v) is 22.3. The molecule has 0 spiro atoms. The summed E-state index contributed by atoms with van der Waals surface area (Å²) in [5.41, 5.74) is 1.88. The molecule has 2 aliphatic rings. The summed E-state index contributed by atoms with van der Waals surface area (Å²) in [5, 5.41) is 7.70. The number of carbonyl (C=O) groups is 1. The molecule has 7 heteroatoms. The number of nitrogens with zero attached hydrogens (tertiary/aromatic N) is 1. The van der Waals surface area contributed by atoms with Crippen molar-refractivity contribution in [2.24, 2.45) is 5.41 Å². The molecule has 3 aromatic rings. The maximum atomic E-state index is 13.3. The van der Waals surface area contributed by atoms with Crippen molar-refractivity contribution in [3.8, 4) is 23.0 Å². The molecule has 0 unspecified atom stereocenters. The van der Waals surface area contributed by atoms with Crippen molar-refractivity contribution in [2.75, 3.05) is 35.0 Å². The molecule has 1 N–H and O–H groups in total. The van der Waals surface area contributed by atoms with Crippen LogP contribution in [0.25, 0.3) is 21.5 Å². The predicted octanol–water partition coefficient (Wildman–Crippen LogP) is 5.21. The number of benzene rings is 3. The highest BCUT2D eigenvalue weighted by Gasteiger charge is 2.42. The SMILES string of the molecule is COc1cc2c3c(c4cc(OC)c(OC)cc4c2cc1OC)[C@H](NC(=O)C(C)(C)C)[C@@H]1CCCN1C3. The average molecular weight is 493 g/mol. The lowest BCUT2D eigenvalue weighted by Crippen LogP contribution is -2.49. The standard InChI is InChI=1S/C29H36N2O5/c1-29(2,3)28(32)30-27-21-9-8-10-31(21)15-20-18-13-24(35-6)22(33-4)11-16(18)17-12-23(34-5)25(36-7)14-19(17)26(20)27/h11-14,21,27H,8-10,15H2,1-7H3,(H,30,32)/t21-,27+/m0/s1. The van der Waals surface area contributed by atoms with Gasteiger partial charge in [-0.15, -0.1) is 0 Å². The van der Waals surface area contributed by atoms with E-state index in [-0.39, 0.29) is 18.0 Å². The van der Waals surface area contributed by atoms with Gasteiger partial charge in [-0.3, -0.25) is 9.69 Å². The Morgan fingerprint density at radius 1 is 0.833 bits per heavy atom. The van der Waals surface area contributed by atoms with Gasteiger partial charge in [-0.05, 0) is 76.3 Å². The third-order valence-electron chi connectivity index (χ3n) is 7.72. The number of nitrogens with one attached hydrogen (secondary N) is 1. The van der Waals surface area contributed by atoms with Gasteiger partial charge >= 0.3 is 0 Å². The van der Waals surface area contributed by atoms with E-state index >= 15 is 0 Å². The van der Waals surface area contributed by atoms with Crippen molar-refractivity contribution >= 4 is 27.5 Å². The molecule has 1 fully saturated rings. The van der Waals surface area contributed by atoms with Crippen LogP contribution in [0.3, 0.4) is 0 Å². The number of rotatable bonds is 5. The fourth-order valence-corrected chi connectivity index (χ4v) is 5.86. The number of carbonyl (C=O) groups excluding carboxylic acids is 1. The summed E-state index contributed by atoms with van der Waals surface area (Å²) < 4.78 is 22.8. The smallest absolute Gasteiger partial charge is 0.225 e. The molecule has 2 heterocycles. The summed E-state index contributed by atoms with van der Waals surface area (Å²) in [6.07, 6.45) is 2.16. The number of hydrogen-bond acceptors (Lipinski definition) is 6. The highest BCUT2D eigenvalue weighted by atomic mass is 16.5. The van der Waals surface area contributed by atoms with E-state index in [0.29, 0.717) is 23.0 Å². The molecule has 1 saturated heterocycles. The molecule has 192 valence electrons. The summed E-state index contributed by atoms with van der Waals surface area (Å²) in [4.78, 5) is 15.8. The first-order chi connectivity index (χ1) is 17.2. The van der Waals surface area contributed by atoms with Gasteiger partial charge in [-0.1, -0.05) is 20.8 Å². The van der Waals surface area contributed by atoms with Gasteiger partial charge in [0.1, 0.15) is 0 Å². The maximum Gasteiger partial charge on any atom is 0.225 e. The van der Waals surface area contributed by atoms with Crippen molar-refractivity contribution in [3.05, 3.63) is 35.4 Å². The summed E-state index contributed by atoms with van der Waals surface area (Å²) in [5.74, 6) is 2.74. The minimum atomic E-state index is -0.495. The minimum Gasteiger partial charge on any atom is -0.493 e. The fourth-order valence-electron chi connectivity index (χ4n) is 5.86. The summed E-state index contributed by atoms with van der Waals surface area (Å²) in [6.45, 7) is 7.72. The molecule has 7 nitrogen and oxygen atoms in total. The number of hydrogen-bond donors (Lipinski definition) is 1. The van der Waals surface area contributed by atoms with Gasteiger partial charge in [0.15, 0.2) is 23.0 Å². The van der Waals surface area contributed by atoms with E-state index in [1.165, 1.54) is 5.56 Å². The van der Waals surface area contributed by atoms with E-state index in [9.17, 15) is 4.79 Å². The summed E-state index contributed by atoms with van der Waals surface area (Å²) in [6, 6.07) is 8.32. The molecule has 0 aliphatic carbocycles. The van der Waals surface area contributed by atoms with E-state index in [1.807, 2.05) is 32.9 Å². The molecule has 2 atom stereocenters. The lowest BCUT2D eigenvalue weighted by molar-refractivity contribution is -0.129. The van der Waals surface area contributed by atoms with E-state index in [2.05, 4.69) is 22.3 Å². The predicted molar refractivity (Wildman–Crippen MR) is 141 cm³/mol. The van der Waals surface area contributed by atoms with Crippen LogP contribution in [0, 0.1) is 5.41 Å². The van der Waals surface area contributed by atoms with Crippen LogP contribution in [0.1, 0.15) is 50.8 Å². The molecule has 3 aromatic carbocycles. The highest BCUT2D eigenvalue weighted by Crippen LogP contribution is 2.49. The Morgan fingerprint density at radius 3 is 1.86 bits per heavy atom. The molecular formula is C29H36N2O5. The number of amides is 1. The second-order valence-corrected chi connectivity index (χ2v) is 10.8. The second-order valence-electron chi connectivity index (χ2n) is 10.8. The Balaban J connectivity index is 1.89. The van der Waals surface area contributed by atoms with Crippen LogP contribution in [0.4, 0.5) is 0 Å². The highest BCUT2D eigenvalue weighted by molar-refractivity contribution is 6.13. The molecule has 5 rings (SSSR count). The van der Waals surface area contributed by atoms with Gasteiger partial charge in [0.25, 0.3) is 0 Å². The van der Waals surface area contributed by atoms with Crippen LogP contribution in [0.2, 0.25) is 0 Å². The van der Waals surface area contributed by atoms with E-state index < -0.39 is 5.41 Å². The molecule has 2 aliphatic heterocycles. The van der Waals surface area contributed by atoms with Crippen molar-refractivity contribution in [1.82, 2.24) is 10.2 Å². The molecule has 36 heavy (non-hydrogen) atoms. The Bertz CT molecular complexity index is 1340. The van der Waals surface area contributed by atoms with Crippen LogP contribution < -0.4 is 24.3 Å². The molecule has 1 amide bonds. The second kappa shape index (κ2) is 9.04. The molecular weight excluding hydrogens is 456 g/mol. The minimum absolute atomic E-state index is 0.0493. The Kier molecular flexibility index (Phi) is 6.15. The monoisotopic (exact) mass is 492 g/mol. The van der Waals surface area contributed by atoms with Crippen LogP contribution in [0.5, 0.6) is 23.0 Å². The topological polar surface area (TPSA) is 69.3 Å². The van der Waals surface area contributed by atoms with Gasteiger partial charge in [-0.2, -0.15) is 0 Å². The quantitative estimate of drug-likeness (QED) is 0.493. The number of methoxy groups -OCH3 is 4. The Hall–Kier alpha value is -3.19. The molecule has 0 aromatic heterocycles. The van der Waals surface area contributed by atoms with Gasteiger partial charge in [-0.25, -0.2) is 0 Å². The summed E-state index contributed by atoms with van der Waals surface area (Å²) in [7, 11) is 6.62. The van der Waals surface area contributed by atoms with Gasteiger partial charge in [0, 0.05) is 18.0 Å². The Labute approximate surface area is 212 Å². The summed E-state index contributed by atoms with van der Waals surface area (Å²) >= 11 is 0. The van der Waals surface area contributed by atoms with Gasteiger partial charge in [0.2, 0.25) is 5.91 Å². The molecule has 0 radical (unpaired) electrons. The zero-order valence-electron chi connectivity index (χ0n) is 22.3. The van der Waals surface area contributed by atoms with E-state index in [0.717, 1.165) is 53.0 Å². The van der Waals surface area contributed by atoms with Crippen LogP contribution in [-0.2, 0) is 11.3 Å². The van der Waals surface area contributed by atoms with E-state index in [1.54, 1.807) is 28.4 Å². The first kappa shape index (κ1) is 24.5. The fraction of sp³-hybridized carbons (Fsp3) is 0.483. The number of fused-ring (bicyclic) bond motifs is 7. The first-order valence-corrected chi connectivity index (χ1v) is 12.5. The molecule has 0 saturated carbocycles. The third kappa shape index (κ3) is 3.81. The lowest BCUT2D eigenvalue weighted by atomic mass is 9.81. The average Bonchev–Trinajstić information content (AvgIpc) is 3.35. The largest absolute Gasteiger partial charge is 0.493 e. The Morgan fingerprint density at radius 2 is 1.33 bits per heavy atom. The van der Waals surface area contributed by atoms with Gasteiger partial charge in [0.05, 0.1) is 34.5 Å². The lowest BCUT2D eigenvalue weighted by Gasteiger charge is -2.41. The van der Waals surface area contributed by atoms with Crippen molar-refractivity contribution in [3.63, 3.8) is 0 Å². The normalized spacial score (nSPS) is 19.6. The van der Waals surface area contributed by atoms with E-state index in [4.69, 9.17) is 18.9 Å². The third-order valence-corrected chi connectivity index (χ3v) is 7.72. The maximum absolute atomic E-state index is 13.3. The number of ether oxygens (including phenoxy) is 4. The van der Waals surface area contributed by atoms with Crippen LogP contribution >= 0.6 is 0 Å². The first-order valence-electron chi connectivity index (χ1n) is 12.5. The van der Waals surface area contributed by atoms with Crippen LogP contribution in [-0.4, -0.2) is 51.8 Å². The zero-order chi connectivity index (χ0) is 25.8.